The van der Waals surface area contributed by atoms with E-state index in [-0.39, 0.29) is 30.1 Å². The number of allylic oxidation sites excluding steroid dienone is 1. The maximum absolute atomic E-state index is 12.5. The third-order valence-corrected chi connectivity index (χ3v) is 6.04. The molecular formula is C20H26O7. The normalized spacial score (nSPS) is 42.1. The summed E-state index contributed by atoms with van der Waals surface area (Å²) >= 11 is 0. The van der Waals surface area contributed by atoms with Gasteiger partial charge in [-0.3, -0.25) is 4.79 Å². The molecule has 0 bridgehead atoms. The molecule has 0 spiro atoms. The molecule has 0 aromatic carbocycles. The first-order valence-corrected chi connectivity index (χ1v) is 9.23. The van der Waals surface area contributed by atoms with E-state index in [1.165, 1.54) is 0 Å². The van der Waals surface area contributed by atoms with Crippen molar-refractivity contribution in [2.45, 2.75) is 70.6 Å². The number of rotatable bonds is 2. The van der Waals surface area contributed by atoms with E-state index < -0.39 is 47.9 Å². The number of ether oxygens (including phenoxy) is 3. The number of carbonyl (C=O) groups is 3. The van der Waals surface area contributed by atoms with Crippen molar-refractivity contribution < 1.29 is 33.7 Å². The molecule has 2 heterocycles. The molecule has 7 heteroatoms. The third-order valence-electron chi connectivity index (χ3n) is 6.04. The summed E-state index contributed by atoms with van der Waals surface area (Å²) in [6.45, 7) is 10.6. The van der Waals surface area contributed by atoms with Gasteiger partial charge in [-0.15, -0.1) is 0 Å². The topological polar surface area (TPSA) is 102 Å². The summed E-state index contributed by atoms with van der Waals surface area (Å²) in [5, 5.41) is 10.4. The van der Waals surface area contributed by atoms with Gasteiger partial charge in [-0.2, -0.15) is 0 Å². The van der Waals surface area contributed by atoms with E-state index in [2.05, 4.69) is 6.58 Å². The summed E-state index contributed by atoms with van der Waals surface area (Å²) in [6.07, 6.45) is -1.14. The second kappa shape index (κ2) is 6.87. The van der Waals surface area contributed by atoms with Crippen LogP contribution in [0.2, 0.25) is 0 Å². The van der Waals surface area contributed by atoms with E-state index in [0.717, 1.165) is 0 Å². The minimum Gasteiger partial charge on any atom is -0.458 e. The van der Waals surface area contributed by atoms with Crippen LogP contribution in [0.5, 0.6) is 0 Å². The molecule has 0 aromatic rings. The number of hydrogen-bond donors (Lipinski definition) is 1. The van der Waals surface area contributed by atoms with E-state index in [1.807, 2.05) is 0 Å². The number of aliphatic hydroxyl groups excluding tert-OH is 1. The van der Waals surface area contributed by atoms with E-state index in [9.17, 15) is 19.5 Å². The van der Waals surface area contributed by atoms with Crippen LogP contribution in [0.4, 0.5) is 0 Å². The van der Waals surface area contributed by atoms with Crippen molar-refractivity contribution in [1.29, 1.82) is 0 Å². The lowest BCUT2D eigenvalue weighted by Gasteiger charge is -2.31. The highest BCUT2D eigenvalue weighted by molar-refractivity contribution is 5.94. The molecule has 7 nitrogen and oxygen atoms in total. The standard InChI is InChI=1S/C20H26O7/c1-6-9(2)18(23)25-13-7-10(3)12(21)8-14(22)20(5)17(27-20)16-15(13)11(4)19(24)26-16/h6,10,12-13,15-17,21H,4,7-8H2,1-3,5H3/b9-6+/t10-,12+,13+,15+,16-,17+,20-/m0/s1. The quantitative estimate of drug-likeness (QED) is 0.441. The van der Waals surface area contributed by atoms with Gasteiger partial charge in [-0.25, -0.2) is 9.59 Å². The van der Waals surface area contributed by atoms with Crippen molar-refractivity contribution in [2.24, 2.45) is 11.8 Å². The molecule has 2 aliphatic heterocycles. The van der Waals surface area contributed by atoms with Gasteiger partial charge in [0.25, 0.3) is 0 Å². The first kappa shape index (κ1) is 19.8. The molecule has 2 saturated heterocycles. The van der Waals surface area contributed by atoms with Crippen molar-refractivity contribution in [3.63, 3.8) is 0 Å². The lowest BCUT2D eigenvalue weighted by atomic mass is 9.78. The SMILES string of the molecule is C=C1C(=O)O[C@H]2[C@H]1[C@H](OC(=O)/C(C)=C/C)C[C@H](C)[C@H](O)CC(=O)[C@]1(C)O[C@H]21. The fourth-order valence-corrected chi connectivity index (χ4v) is 3.86. The highest BCUT2D eigenvalue weighted by Crippen LogP contribution is 2.49. The Balaban J connectivity index is 1.97. The summed E-state index contributed by atoms with van der Waals surface area (Å²) in [4.78, 5) is 37.1. The van der Waals surface area contributed by atoms with Crippen molar-refractivity contribution in [1.82, 2.24) is 0 Å². The van der Waals surface area contributed by atoms with Crippen LogP contribution in [0.1, 0.15) is 40.5 Å². The van der Waals surface area contributed by atoms with Crippen molar-refractivity contribution >= 4 is 17.7 Å². The average molecular weight is 378 g/mol. The molecule has 3 aliphatic rings. The van der Waals surface area contributed by atoms with E-state index in [0.29, 0.717) is 5.57 Å². The molecular weight excluding hydrogens is 352 g/mol. The van der Waals surface area contributed by atoms with E-state index in [1.54, 1.807) is 33.8 Å². The van der Waals surface area contributed by atoms with Crippen LogP contribution in [0.25, 0.3) is 0 Å². The lowest BCUT2D eigenvalue weighted by molar-refractivity contribution is -0.151. The Labute approximate surface area is 158 Å². The molecule has 1 N–H and O–H groups in total. The fraction of sp³-hybridized carbons (Fsp3) is 0.650. The van der Waals surface area contributed by atoms with Gasteiger partial charge in [0, 0.05) is 17.6 Å². The van der Waals surface area contributed by atoms with Crippen LogP contribution in [-0.2, 0) is 28.6 Å². The van der Waals surface area contributed by atoms with Gasteiger partial charge in [0.1, 0.15) is 18.3 Å². The second-order valence-electron chi connectivity index (χ2n) is 7.89. The van der Waals surface area contributed by atoms with Crippen molar-refractivity contribution in [3.05, 3.63) is 23.8 Å². The minimum absolute atomic E-state index is 0.0605. The van der Waals surface area contributed by atoms with E-state index >= 15 is 0 Å². The summed E-state index contributed by atoms with van der Waals surface area (Å²) in [5.41, 5.74) is -0.474. The second-order valence-corrected chi connectivity index (χ2v) is 7.89. The predicted octanol–water partition coefficient (Wildman–Crippen LogP) is 1.48. The first-order valence-electron chi connectivity index (χ1n) is 9.23. The Morgan fingerprint density at radius 3 is 2.70 bits per heavy atom. The summed E-state index contributed by atoms with van der Waals surface area (Å²) in [7, 11) is 0. The van der Waals surface area contributed by atoms with Crippen LogP contribution in [0.15, 0.2) is 23.8 Å². The first-order chi connectivity index (χ1) is 12.6. The molecule has 0 radical (unpaired) electrons. The van der Waals surface area contributed by atoms with Gasteiger partial charge < -0.3 is 19.3 Å². The zero-order valence-corrected chi connectivity index (χ0v) is 16.1. The average Bonchev–Trinajstić information content (AvgIpc) is 3.23. The molecule has 148 valence electrons. The van der Waals surface area contributed by atoms with Gasteiger partial charge in [-0.1, -0.05) is 19.6 Å². The predicted molar refractivity (Wildman–Crippen MR) is 94.5 cm³/mol. The third kappa shape index (κ3) is 3.34. The smallest absolute Gasteiger partial charge is 0.334 e. The molecule has 3 fully saturated rings. The zero-order valence-electron chi connectivity index (χ0n) is 16.1. The van der Waals surface area contributed by atoms with Crippen LogP contribution >= 0.6 is 0 Å². The zero-order chi connectivity index (χ0) is 20.1. The van der Waals surface area contributed by atoms with Gasteiger partial charge >= 0.3 is 11.9 Å². The Bertz CT molecular complexity index is 724. The number of aliphatic hydroxyl groups is 1. The Morgan fingerprint density at radius 2 is 2.07 bits per heavy atom. The van der Waals surface area contributed by atoms with Crippen LogP contribution in [0, 0.1) is 11.8 Å². The number of ketones is 1. The Kier molecular flexibility index (Phi) is 5.03. The molecule has 0 aromatic heterocycles. The van der Waals surface area contributed by atoms with Gasteiger partial charge in [0.05, 0.1) is 12.0 Å². The molecule has 3 rings (SSSR count). The van der Waals surface area contributed by atoms with E-state index in [4.69, 9.17) is 14.2 Å². The Hall–Kier alpha value is -1.99. The fourth-order valence-electron chi connectivity index (χ4n) is 3.86. The largest absolute Gasteiger partial charge is 0.458 e. The summed E-state index contributed by atoms with van der Waals surface area (Å²) < 4.78 is 16.8. The molecule has 7 atom stereocenters. The number of fused-ring (bicyclic) bond motifs is 3. The molecule has 1 aliphatic carbocycles. The van der Waals surface area contributed by atoms with Gasteiger partial charge in [-0.05, 0) is 33.1 Å². The molecule has 0 unspecified atom stereocenters. The van der Waals surface area contributed by atoms with Crippen LogP contribution in [0.3, 0.4) is 0 Å². The monoisotopic (exact) mass is 378 g/mol. The minimum atomic E-state index is -1.11. The van der Waals surface area contributed by atoms with Crippen LogP contribution < -0.4 is 0 Å². The van der Waals surface area contributed by atoms with Crippen LogP contribution in [-0.4, -0.2) is 52.8 Å². The maximum Gasteiger partial charge on any atom is 0.334 e. The summed E-state index contributed by atoms with van der Waals surface area (Å²) in [6, 6.07) is 0. The number of Topliss-reactive ketones (excluding diaryl/α,β-unsaturated/α-hetero) is 1. The Morgan fingerprint density at radius 1 is 1.41 bits per heavy atom. The van der Waals surface area contributed by atoms with Crippen molar-refractivity contribution in [2.75, 3.05) is 0 Å². The molecule has 1 saturated carbocycles. The van der Waals surface area contributed by atoms with Gasteiger partial charge in [0.2, 0.25) is 0 Å². The number of epoxide rings is 1. The summed E-state index contributed by atoms with van der Waals surface area (Å²) in [5.74, 6) is -2.26. The number of esters is 2. The maximum atomic E-state index is 12.5. The number of carbonyl (C=O) groups excluding carboxylic acids is 3. The van der Waals surface area contributed by atoms with Gasteiger partial charge in [0.15, 0.2) is 11.4 Å². The lowest BCUT2D eigenvalue weighted by Crippen LogP contribution is -2.43. The molecule has 0 amide bonds. The highest BCUT2D eigenvalue weighted by Gasteiger charge is 2.67. The highest BCUT2D eigenvalue weighted by atomic mass is 16.7. The van der Waals surface area contributed by atoms with Crippen molar-refractivity contribution in [3.8, 4) is 0 Å². The number of hydrogen-bond acceptors (Lipinski definition) is 7. The molecule has 27 heavy (non-hydrogen) atoms.